The van der Waals surface area contributed by atoms with E-state index in [0.29, 0.717) is 25.9 Å². The average Bonchev–Trinajstić information content (AvgIpc) is 3.22. The molecule has 6 heteroatoms. The maximum atomic E-state index is 12.3. The summed E-state index contributed by atoms with van der Waals surface area (Å²) in [5, 5.41) is 7.09. The second kappa shape index (κ2) is 7.96. The molecule has 1 saturated heterocycles. The van der Waals surface area contributed by atoms with E-state index in [-0.39, 0.29) is 17.9 Å². The first-order chi connectivity index (χ1) is 12.1. The lowest BCUT2D eigenvalue weighted by Gasteiger charge is -2.17. The van der Waals surface area contributed by atoms with Gasteiger partial charge < -0.3 is 10.2 Å². The van der Waals surface area contributed by atoms with Gasteiger partial charge in [0.15, 0.2) is 0 Å². The van der Waals surface area contributed by atoms with Gasteiger partial charge in [-0.1, -0.05) is 30.3 Å². The summed E-state index contributed by atoms with van der Waals surface area (Å²) in [5.74, 6) is 0.143. The van der Waals surface area contributed by atoms with E-state index < -0.39 is 0 Å². The highest BCUT2D eigenvalue weighted by Gasteiger charge is 2.27. The van der Waals surface area contributed by atoms with Crippen LogP contribution in [0.2, 0.25) is 0 Å². The highest BCUT2D eigenvalue weighted by atomic mass is 16.2. The Hall–Kier alpha value is -2.63. The second-order valence-electron chi connectivity index (χ2n) is 6.58. The molecule has 6 nitrogen and oxygen atoms in total. The molecule has 3 rings (SSSR count). The Labute approximate surface area is 147 Å². The second-order valence-corrected chi connectivity index (χ2v) is 6.58. The standard InChI is InChI=1S/C19H24N4O2/c1-22-13-16(12-20-22)11-18(24)21-17-9-10-23(14-17)19(25)8-7-15-5-3-2-4-6-15/h2-6,12-13,17H,7-11,14H2,1H3,(H,21,24). The topological polar surface area (TPSA) is 67.2 Å². The van der Waals surface area contributed by atoms with Crippen molar-refractivity contribution in [3.63, 3.8) is 0 Å². The molecule has 0 bridgehead atoms. The van der Waals surface area contributed by atoms with E-state index in [0.717, 1.165) is 18.4 Å². The third-order valence-electron chi connectivity index (χ3n) is 4.50. The zero-order valence-corrected chi connectivity index (χ0v) is 14.5. The molecule has 0 aliphatic carbocycles. The number of nitrogens with zero attached hydrogens (tertiary/aromatic N) is 3. The zero-order valence-electron chi connectivity index (χ0n) is 14.5. The van der Waals surface area contributed by atoms with Gasteiger partial charge in [0.25, 0.3) is 0 Å². The molecule has 1 N–H and O–H groups in total. The van der Waals surface area contributed by atoms with Gasteiger partial charge in [0.05, 0.1) is 12.6 Å². The molecule has 1 aromatic heterocycles. The first-order valence-electron chi connectivity index (χ1n) is 8.69. The van der Waals surface area contributed by atoms with Crippen molar-refractivity contribution in [2.45, 2.75) is 31.7 Å². The number of likely N-dealkylation sites (tertiary alicyclic amines) is 1. The molecule has 25 heavy (non-hydrogen) atoms. The van der Waals surface area contributed by atoms with Gasteiger partial charge >= 0.3 is 0 Å². The molecule has 132 valence electrons. The summed E-state index contributed by atoms with van der Waals surface area (Å²) in [6.07, 6.45) is 5.96. The maximum Gasteiger partial charge on any atom is 0.224 e. The first kappa shape index (κ1) is 17.2. The quantitative estimate of drug-likeness (QED) is 0.862. The van der Waals surface area contributed by atoms with E-state index in [2.05, 4.69) is 10.4 Å². The number of hydrogen-bond acceptors (Lipinski definition) is 3. The molecular formula is C19H24N4O2. The predicted octanol–water partition coefficient (Wildman–Crippen LogP) is 1.31. The maximum absolute atomic E-state index is 12.3. The predicted molar refractivity (Wildman–Crippen MR) is 94.8 cm³/mol. The van der Waals surface area contributed by atoms with E-state index in [9.17, 15) is 9.59 Å². The monoisotopic (exact) mass is 340 g/mol. The third-order valence-corrected chi connectivity index (χ3v) is 4.50. The highest BCUT2D eigenvalue weighted by Crippen LogP contribution is 2.13. The number of aryl methyl sites for hydroxylation is 2. The molecule has 1 aliphatic rings. The molecule has 1 fully saturated rings. The number of nitrogens with one attached hydrogen (secondary N) is 1. The smallest absolute Gasteiger partial charge is 0.224 e. The van der Waals surface area contributed by atoms with Crippen LogP contribution in [0, 0.1) is 0 Å². The molecule has 1 unspecified atom stereocenters. The molecule has 1 aromatic carbocycles. The molecule has 1 aliphatic heterocycles. The summed E-state index contributed by atoms with van der Waals surface area (Å²) in [7, 11) is 1.83. The van der Waals surface area contributed by atoms with Crippen molar-refractivity contribution in [2.75, 3.05) is 13.1 Å². The Morgan fingerprint density at radius 2 is 2.04 bits per heavy atom. The lowest BCUT2D eigenvalue weighted by molar-refractivity contribution is -0.130. The van der Waals surface area contributed by atoms with Crippen molar-refractivity contribution >= 4 is 11.8 Å². The minimum Gasteiger partial charge on any atom is -0.351 e. The highest BCUT2D eigenvalue weighted by molar-refractivity contribution is 5.79. The number of carbonyl (C=O) groups excluding carboxylic acids is 2. The van der Waals surface area contributed by atoms with Crippen LogP contribution in [-0.2, 0) is 29.5 Å². The molecule has 0 spiro atoms. The summed E-state index contributed by atoms with van der Waals surface area (Å²) < 4.78 is 1.69. The summed E-state index contributed by atoms with van der Waals surface area (Å²) in [5.41, 5.74) is 2.07. The van der Waals surface area contributed by atoms with Crippen molar-refractivity contribution < 1.29 is 9.59 Å². The first-order valence-corrected chi connectivity index (χ1v) is 8.69. The van der Waals surface area contributed by atoms with Crippen LogP contribution in [-0.4, -0.2) is 45.6 Å². The van der Waals surface area contributed by atoms with Crippen molar-refractivity contribution in [1.29, 1.82) is 0 Å². The van der Waals surface area contributed by atoms with Crippen LogP contribution in [0.5, 0.6) is 0 Å². The molecule has 0 radical (unpaired) electrons. The van der Waals surface area contributed by atoms with Crippen LogP contribution in [0.4, 0.5) is 0 Å². The van der Waals surface area contributed by atoms with Crippen molar-refractivity contribution in [3.8, 4) is 0 Å². The Kier molecular flexibility index (Phi) is 5.48. The minimum atomic E-state index is -0.0171. The summed E-state index contributed by atoms with van der Waals surface area (Å²) in [6, 6.07) is 10.1. The normalized spacial score (nSPS) is 16.8. The van der Waals surface area contributed by atoms with Gasteiger partial charge in [-0.3, -0.25) is 14.3 Å². The Morgan fingerprint density at radius 1 is 1.24 bits per heavy atom. The Bertz CT molecular complexity index is 726. The van der Waals surface area contributed by atoms with Gasteiger partial charge in [0.1, 0.15) is 0 Å². The fourth-order valence-corrected chi connectivity index (χ4v) is 3.19. The van der Waals surface area contributed by atoms with Gasteiger partial charge in [-0.05, 0) is 24.0 Å². The fraction of sp³-hybridized carbons (Fsp3) is 0.421. The van der Waals surface area contributed by atoms with Crippen LogP contribution < -0.4 is 5.32 Å². The van der Waals surface area contributed by atoms with Crippen LogP contribution in [0.3, 0.4) is 0 Å². The van der Waals surface area contributed by atoms with Gasteiger partial charge in [-0.25, -0.2) is 0 Å². The van der Waals surface area contributed by atoms with E-state index in [1.54, 1.807) is 10.9 Å². The van der Waals surface area contributed by atoms with Crippen LogP contribution in [0.25, 0.3) is 0 Å². The van der Waals surface area contributed by atoms with E-state index in [1.807, 2.05) is 48.5 Å². The van der Waals surface area contributed by atoms with Crippen LogP contribution >= 0.6 is 0 Å². The van der Waals surface area contributed by atoms with Crippen molar-refractivity contribution in [2.24, 2.45) is 7.05 Å². The molecule has 1 atom stereocenters. The van der Waals surface area contributed by atoms with Crippen molar-refractivity contribution in [3.05, 3.63) is 53.9 Å². The van der Waals surface area contributed by atoms with Gasteiger partial charge in [0, 0.05) is 38.8 Å². The van der Waals surface area contributed by atoms with Crippen molar-refractivity contribution in [1.82, 2.24) is 20.0 Å². The van der Waals surface area contributed by atoms with E-state index in [4.69, 9.17) is 0 Å². The number of hydrogen-bond donors (Lipinski definition) is 1. The summed E-state index contributed by atoms with van der Waals surface area (Å²) in [4.78, 5) is 26.3. The number of benzene rings is 1. The van der Waals surface area contributed by atoms with Gasteiger partial charge in [0.2, 0.25) is 11.8 Å². The number of carbonyl (C=O) groups is 2. The SMILES string of the molecule is Cn1cc(CC(=O)NC2CCN(C(=O)CCc3ccccc3)C2)cn1. The van der Waals surface area contributed by atoms with Crippen LogP contribution in [0.15, 0.2) is 42.7 Å². The molecule has 2 amide bonds. The summed E-state index contributed by atoms with van der Waals surface area (Å²) in [6.45, 7) is 1.32. The fourth-order valence-electron chi connectivity index (χ4n) is 3.19. The third kappa shape index (κ3) is 4.92. The lowest BCUT2D eigenvalue weighted by atomic mass is 10.1. The zero-order chi connectivity index (χ0) is 17.6. The molecule has 2 aromatic rings. The molecule has 2 heterocycles. The Morgan fingerprint density at radius 3 is 2.76 bits per heavy atom. The largest absolute Gasteiger partial charge is 0.351 e. The molecule has 0 saturated carbocycles. The summed E-state index contributed by atoms with van der Waals surface area (Å²) >= 11 is 0. The Balaban J connectivity index is 1.41. The molecular weight excluding hydrogens is 316 g/mol. The van der Waals surface area contributed by atoms with Crippen LogP contribution in [0.1, 0.15) is 24.0 Å². The van der Waals surface area contributed by atoms with Gasteiger partial charge in [-0.2, -0.15) is 5.10 Å². The number of amides is 2. The van der Waals surface area contributed by atoms with E-state index >= 15 is 0 Å². The van der Waals surface area contributed by atoms with E-state index in [1.165, 1.54) is 5.56 Å². The minimum absolute atomic E-state index is 0.0171. The number of rotatable bonds is 6. The number of aromatic nitrogens is 2. The lowest BCUT2D eigenvalue weighted by Crippen LogP contribution is -2.39. The van der Waals surface area contributed by atoms with Gasteiger partial charge in [-0.15, -0.1) is 0 Å². The average molecular weight is 340 g/mol.